The number of hydrogen-bond acceptors (Lipinski definition) is 26. The molecule has 0 atom stereocenters. The van der Waals surface area contributed by atoms with Crippen LogP contribution in [0.3, 0.4) is 0 Å². The molecule has 7 N–H and O–H groups in total. The predicted molar refractivity (Wildman–Crippen MR) is 492 cm³/mol. The Kier molecular flexibility index (Phi) is 30.8. The van der Waals surface area contributed by atoms with Crippen LogP contribution in [0.5, 0.6) is 0 Å². The summed E-state index contributed by atoms with van der Waals surface area (Å²) in [5, 5.41) is 18.4. The molecule has 6 amide bonds. The van der Waals surface area contributed by atoms with E-state index in [-0.39, 0.29) is 76.1 Å². The van der Waals surface area contributed by atoms with Gasteiger partial charge in [0.05, 0.1) is 36.3 Å². The maximum Gasteiger partial charge on any atom is 0.263 e. The van der Waals surface area contributed by atoms with Crippen LogP contribution in [-0.4, -0.2) is 212 Å². The van der Waals surface area contributed by atoms with Crippen LogP contribution in [0.1, 0.15) is 150 Å². The highest BCUT2D eigenvalue weighted by molar-refractivity contribution is 7.92. The number of likely N-dealkylation sites (N-methyl/N-ethyl adjacent to an activating group) is 2. The van der Waals surface area contributed by atoms with Crippen molar-refractivity contribution in [3.8, 4) is 0 Å². The van der Waals surface area contributed by atoms with Crippen molar-refractivity contribution in [1.29, 1.82) is 0 Å². The minimum atomic E-state index is -3.76. The zero-order chi connectivity index (χ0) is 89.8. The lowest BCUT2D eigenvalue weighted by molar-refractivity contribution is -0.118. The van der Waals surface area contributed by atoms with Gasteiger partial charge >= 0.3 is 0 Å². The lowest BCUT2D eigenvalue weighted by Gasteiger charge is -2.34. The van der Waals surface area contributed by atoms with Crippen LogP contribution in [0.15, 0.2) is 170 Å². The number of halogens is 1. The summed E-state index contributed by atoms with van der Waals surface area (Å²) in [6.45, 7) is 25.8. The third-order valence-corrected chi connectivity index (χ3v) is 24.7. The molecule has 666 valence electrons. The first-order valence-electron chi connectivity index (χ1n) is 43.6. The molecule has 33 nitrogen and oxygen atoms in total. The fourth-order valence-electron chi connectivity index (χ4n) is 16.1. The minimum Gasteiger partial charge on any atom is -0.367 e. The van der Waals surface area contributed by atoms with Crippen molar-refractivity contribution in [2.45, 2.75) is 162 Å². The van der Waals surface area contributed by atoms with E-state index in [0.717, 1.165) is 144 Å². The molecule has 4 aromatic carbocycles. The number of fused-ring (bicyclic) bond motifs is 4. The number of carbonyl (C=O) groups is 6. The zero-order valence-corrected chi connectivity index (χ0v) is 74.4. The summed E-state index contributed by atoms with van der Waals surface area (Å²) in [5.41, 5.74) is 8.50. The quantitative estimate of drug-likeness (QED) is 0.0220. The van der Waals surface area contributed by atoms with E-state index in [1.54, 1.807) is 125 Å². The average molecular weight is 1750 g/mol. The zero-order valence-electron chi connectivity index (χ0n) is 73.6. The first-order valence-corrected chi connectivity index (χ1v) is 45.1. The lowest BCUT2D eigenvalue weighted by atomic mass is 10.1. The fraction of sp³-hybridized carbons (Fsp3) is 0.391. The Morgan fingerprint density at radius 2 is 0.811 bits per heavy atom. The molecule has 0 spiro atoms. The molecule has 6 aliphatic heterocycles. The molecule has 0 radical (unpaired) electrons. The Hall–Kier alpha value is -13.1. The molecule has 127 heavy (non-hydrogen) atoms. The highest BCUT2D eigenvalue weighted by Crippen LogP contribution is 2.37. The summed E-state index contributed by atoms with van der Waals surface area (Å²) < 4.78 is 42.3. The SMILES string of the molecule is CCC(CC)N1C(=O)Cc2cnc(Nc3ccc(C(=O)NCCN4CCN(C)CC4)cc3)nc21.CCC(CC)N1C(=O)Cc2cnc(Nc3ccc(N4CCN(C)CC4)c(F)c3)nc21.CCC(CC)N1C(=O)Cc2cnc(Nc3ccc(S(=O)(=O)Nc4ccccn4)cc3)nc21.CCC(CC)N1C(=O)Cc2cnc(Nc3cccc(NC(=O)c4ccncc4)c3)nc21. The first kappa shape index (κ1) is 91.6. The largest absolute Gasteiger partial charge is 0.367 e. The topological polar surface area (TPSA) is 376 Å². The van der Waals surface area contributed by atoms with Gasteiger partial charge in [-0.3, -0.25) is 63.0 Å². The van der Waals surface area contributed by atoms with Gasteiger partial charge in [0, 0.05) is 195 Å². The molecule has 0 aliphatic carbocycles. The summed E-state index contributed by atoms with van der Waals surface area (Å²) in [5.74, 6) is 4.18. The molecule has 0 saturated carbocycles. The number of aromatic nitrogens is 10. The van der Waals surface area contributed by atoms with Gasteiger partial charge in [0.25, 0.3) is 21.8 Å². The molecule has 10 aromatic rings. The van der Waals surface area contributed by atoms with Gasteiger partial charge in [0.15, 0.2) is 0 Å². The molecule has 35 heteroatoms. The fourth-order valence-corrected chi connectivity index (χ4v) is 17.1. The van der Waals surface area contributed by atoms with E-state index in [1.165, 1.54) is 24.4 Å². The third-order valence-electron chi connectivity index (χ3n) is 23.4. The van der Waals surface area contributed by atoms with Crippen molar-refractivity contribution in [2.24, 2.45) is 0 Å². The summed E-state index contributed by atoms with van der Waals surface area (Å²) in [4.78, 5) is 135. The molecular weight excluding hydrogens is 1630 g/mol. The van der Waals surface area contributed by atoms with Crippen LogP contribution in [0.2, 0.25) is 0 Å². The Morgan fingerprint density at radius 3 is 1.23 bits per heavy atom. The molecule has 2 fully saturated rings. The summed E-state index contributed by atoms with van der Waals surface area (Å²) in [6.07, 6.45) is 19.7. The number of rotatable bonds is 30. The number of carbonyl (C=O) groups excluding carboxylic acids is 6. The summed E-state index contributed by atoms with van der Waals surface area (Å²) in [7, 11) is 0.460. The molecule has 6 aromatic heterocycles. The van der Waals surface area contributed by atoms with Gasteiger partial charge in [-0.1, -0.05) is 67.5 Å². The maximum atomic E-state index is 14.8. The van der Waals surface area contributed by atoms with Crippen molar-refractivity contribution < 1.29 is 41.6 Å². The Balaban J connectivity index is 0.000000145. The number of anilines is 15. The number of sulfonamides is 1. The number of nitrogens with zero attached hydrogens (tertiary/aromatic N) is 18. The smallest absolute Gasteiger partial charge is 0.263 e. The van der Waals surface area contributed by atoms with Gasteiger partial charge in [0.2, 0.25) is 47.4 Å². The second kappa shape index (κ2) is 42.7. The number of amides is 6. The van der Waals surface area contributed by atoms with Crippen molar-refractivity contribution in [3.05, 3.63) is 204 Å². The van der Waals surface area contributed by atoms with Gasteiger partial charge in [-0.25, -0.2) is 37.7 Å². The minimum absolute atomic E-state index is 0.0371. The number of nitrogens with one attached hydrogen (secondary N) is 7. The molecule has 0 unspecified atom stereocenters. The van der Waals surface area contributed by atoms with Crippen LogP contribution in [0, 0.1) is 5.82 Å². The molecular formula is C92H112FN25O8S. The second-order valence-electron chi connectivity index (χ2n) is 31.9. The number of pyridine rings is 2. The predicted octanol–water partition coefficient (Wildman–Crippen LogP) is 12.9. The van der Waals surface area contributed by atoms with Crippen molar-refractivity contribution in [2.75, 3.05) is 135 Å². The molecule has 2 saturated heterocycles. The molecule has 0 bridgehead atoms. The monoisotopic (exact) mass is 1750 g/mol. The molecule has 16 rings (SSSR count). The van der Waals surface area contributed by atoms with Crippen molar-refractivity contribution >= 4 is 132 Å². The van der Waals surface area contributed by atoms with E-state index in [0.29, 0.717) is 113 Å². The van der Waals surface area contributed by atoms with E-state index in [1.807, 2.05) is 35.2 Å². The van der Waals surface area contributed by atoms with Gasteiger partial charge < -0.3 is 46.6 Å². The Labute approximate surface area is 740 Å². The number of hydrogen-bond donors (Lipinski definition) is 7. The second-order valence-corrected chi connectivity index (χ2v) is 33.5. The highest BCUT2D eigenvalue weighted by atomic mass is 32.2. The van der Waals surface area contributed by atoms with Crippen LogP contribution in [0.25, 0.3) is 0 Å². The van der Waals surface area contributed by atoms with Crippen LogP contribution >= 0.6 is 0 Å². The molecule has 12 heterocycles. The van der Waals surface area contributed by atoms with E-state index in [2.05, 4.69) is 176 Å². The van der Waals surface area contributed by atoms with Crippen LogP contribution < -0.4 is 61.1 Å². The van der Waals surface area contributed by atoms with Gasteiger partial charge in [-0.05, 0) is 175 Å². The van der Waals surface area contributed by atoms with Crippen LogP contribution in [0.4, 0.5) is 91.4 Å². The summed E-state index contributed by atoms with van der Waals surface area (Å²) >= 11 is 0. The highest BCUT2D eigenvalue weighted by Gasteiger charge is 2.38. The molecule has 6 aliphatic rings. The Morgan fingerprint density at radius 1 is 0.417 bits per heavy atom. The van der Waals surface area contributed by atoms with Crippen molar-refractivity contribution in [3.63, 3.8) is 0 Å². The average Bonchev–Trinajstić information content (AvgIpc) is 1.65. The number of benzene rings is 4. The third kappa shape index (κ3) is 22.8. The van der Waals surface area contributed by atoms with Crippen molar-refractivity contribution in [1.82, 2.24) is 69.9 Å². The normalized spacial score (nSPS) is 15.0. The lowest BCUT2D eigenvalue weighted by Crippen LogP contribution is -2.46. The number of piperazine rings is 2. The maximum absolute atomic E-state index is 14.8. The van der Waals surface area contributed by atoms with Gasteiger partial charge in [-0.15, -0.1) is 0 Å². The van der Waals surface area contributed by atoms with Crippen LogP contribution in [-0.2, 0) is 54.9 Å². The van der Waals surface area contributed by atoms with E-state index in [4.69, 9.17) is 0 Å². The first-order chi connectivity index (χ1) is 61.5. The van der Waals surface area contributed by atoms with Gasteiger partial charge in [0.1, 0.15) is 34.9 Å². The van der Waals surface area contributed by atoms with E-state index >= 15 is 0 Å². The standard InChI is InChI=1S/C25H35N7O2.C23H24N6O2.C22H29FN6O.C22H24N6O3S/c1-4-21(5-2)32-22(33)16-19-17-27-25(29-23(19)32)28-20-8-6-18(7-9-20)24(34)26-10-11-31-14-12-30(3)13-15-31;1-3-19(4-2)29-20(30)12-16-14-25-23(28-21(16)29)27-18-7-5-6-17(13-18)26-22(31)15-8-10-24-11-9-15;1-4-17(5-2)29-20(30)12-15-14-24-22(26-21(15)29)25-16-6-7-19(18(23)13-16)28-10-8-27(3)9-11-28;1-3-17(4-2)28-20(29)13-15-14-24-22(26-21(15)28)25-16-8-10-18(11-9-16)32(30,31)27-19-7-5-6-12-23-19/h6-9,17,21H,4-5,10-16H2,1-3H3,(H,26,34)(H,27,28,29);5-11,13-14,19H,3-4,12H2,1-2H3,(H,26,31)(H,25,27,28);6-7,13-14,17H,4-5,8-12H2,1-3H3,(H,24,25,26);5-12,14,17H,3-4,13H2,1-2H3,(H,23,27)(H,24,25,26). The summed E-state index contributed by atoms with van der Waals surface area (Å²) in [6, 6.07) is 34.7. The van der Waals surface area contributed by atoms with Gasteiger partial charge in [-0.2, -0.15) is 19.9 Å². The van der Waals surface area contributed by atoms with E-state index in [9.17, 15) is 41.6 Å². The van der Waals surface area contributed by atoms with E-state index < -0.39 is 10.0 Å². The Bertz CT molecular complexity index is 5600.